The van der Waals surface area contributed by atoms with E-state index in [1.807, 2.05) is 0 Å². The van der Waals surface area contributed by atoms with Crippen molar-refractivity contribution in [3.8, 4) is 0 Å². The van der Waals surface area contributed by atoms with Crippen molar-refractivity contribution in [1.29, 1.82) is 0 Å². The zero-order valence-corrected chi connectivity index (χ0v) is 10.7. The molecule has 1 nitrogen and oxygen atoms in total. The van der Waals surface area contributed by atoms with Gasteiger partial charge in [-0.1, -0.05) is 30.3 Å². The Hall–Kier alpha value is -1.95. The van der Waals surface area contributed by atoms with Crippen LogP contribution in [0.25, 0.3) is 0 Å². The molecule has 2 aromatic rings. The first-order valence-corrected chi connectivity index (χ1v) is 6.07. The molecule has 0 amide bonds. The quantitative estimate of drug-likeness (QED) is 0.840. The van der Waals surface area contributed by atoms with Crippen LogP contribution in [0.5, 0.6) is 0 Å². The smallest absolute Gasteiger partial charge is 0.388 e. The molecule has 6 heteroatoms. The molecule has 0 radical (unpaired) electrons. The van der Waals surface area contributed by atoms with Gasteiger partial charge in [-0.25, -0.2) is 8.78 Å². The summed E-state index contributed by atoms with van der Waals surface area (Å²) in [6, 6.07) is 7.68. The van der Waals surface area contributed by atoms with Crippen molar-refractivity contribution in [2.24, 2.45) is 0 Å². The van der Waals surface area contributed by atoms with E-state index in [0.717, 1.165) is 18.2 Å². The van der Waals surface area contributed by atoms with E-state index in [1.165, 1.54) is 24.3 Å². The lowest BCUT2D eigenvalue weighted by Crippen LogP contribution is -2.08. The maximum Gasteiger partial charge on any atom is 0.416 e. The lowest BCUT2D eigenvalue weighted by molar-refractivity contribution is -0.137. The summed E-state index contributed by atoms with van der Waals surface area (Å²) in [6.45, 7) is 0. The van der Waals surface area contributed by atoms with Crippen LogP contribution in [-0.4, -0.2) is 5.11 Å². The highest BCUT2D eigenvalue weighted by Crippen LogP contribution is 2.30. The molecule has 0 aliphatic heterocycles. The second kappa shape index (κ2) is 5.81. The highest BCUT2D eigenvalue weighted by Gasteiger charge is 2.30. The summed E-state index contributed by atoms with van der Waals surface area (Å²) in [5.41, 5.74) is -0.958. The molecule has 0 bridgehead atoms. The fraction of sp³-hybridized carbons (Fsp3) is 0.200. The molecule has 0 heterocycles. The first kappa shape index (κ1) is 15.4. The average molecular weight is 302 g/mol. The van der Waals surface area contributed by atoms with Crippen LogP contribution >= 0.6 is 0 Å². The van der Waals surface area contributed by atoms with Crippen LogP contribution in [0.4, 0.5) is 22.0 Å². The molecule has 0 aliphatic carbocycles. The number of benzene rings is 2. The number of hydrogen-bond donors (Lipinski definition) is 1. The Morgan fingerprint density at radius 2 is 1.67 bits per heavy atom. The third kappa shape index (κ3) is 3.58. The SMILES string of the molecule is OC(Cc1cccc(C(F)(F)F)c1)c1cccc(F)c1F. The molecule has 0 saturated carbocycles. The Labute approximate surface area is 117 Å². The molecule has 2 rings (SSSR count). The van der Waals surface area contributed by atoms with Crippen molar-refractivity contribution in [2.45, 2.75) is 18.7 Å². The predicted octanol–water partition coefficient (Wildman–Crippen LogP) is 4.26. The molecular formula is C15H11F5O. The van der Waals surface area contributed by atoms with E-state index in [1.54, 1.807) is 0 Å². The topological polar surface area (TPSA) is 20.2 Å². The molecule has 0 aliphatic rings. The number of alkyl halides is 3. The third-order valence-corrected chi connectivity index (χ3v) is 3.02. The van der Waals surface area contributed by atoms with E-state index < -0.39 is 29.5 Å². The second-order valence-electron chi connectivity index (χ2n) is 4.56. The van der Waals surface area contributed by atoms with Gasteiger partial charge >= 0.3 is 6.18 Å². The fourth-order valence-electron chi connectivity index (χ4n) is 1.99. The van der Waals surface area contributed by atoms with E-state index in [2.05, 4.69) is 0 Å². The number of aliphatic hydroxyl groups is 1. The number of halogens is 5. The summed E-state index contributed by atoms with van der Waals surface area (Å²) in [5.74, 6) is -2.31. The highest BCUT2D eigenvalue weighted by molar-refractivity contribution is 5.28. The molecule has 1 atom stereocenters. The van der Waals surface area contributed by atoms with Gasteiger partial charge in [0.15, 0.2) is 11.6 Å². The highest BCUT2D eigenvalue weighted by atomic mass is 19.4. The summed E-state index contributed by atoms with van der Waals surface area (Å²) >= 11 is 0. The Bertz CT molecular complexity index is 636. The Morgan fingerprint density at radius 3 is 2.33 bits per heavy atom. The second-order valence-corrected chi connectivity index (χ2v) is 4.56. The summed E-state index contributed by atoms with van der Waals surface area (Å²) in [7, 11) is 0. The van der Waals surface area contributed by atoms with Crippen LogP contribution in [0.15, 0.2) is 42.5 Å². The van der Waals surface area contributed by atoms with Crippen LogP contribution < -0.4 is 0 Å². The minimum atomic E-state index is -4.49. The molecule has 0 aromatic heterocycles. The van der Waals surface area contributed by atoms with Crippen molar-refractivity contribution in [3.63, 3.8) is 0 Å². The standard InChI is InChI=1S/C15H11F5O/c16-12-6-2-5-11(14(12)17)13(21)8-9-3-1-4-10(7-9)15(18,19)20/h1-7,13,21H,8H2. The molecule has 1 unspecified atom stereocenters. The van der Waals surface area contributed by atoms with Gasteiger partial charge in [0.25, 0.3) is 0 Å². The van der Waals surface area contributed by atoms with Gasteiger partial charge in [-0.2, -0.15) is 13.2 Å². The summed E-state index contributed by atoms with van der Waals surface area (Å²) < 4.78 is 64.3. The van der Waals surface area contributed by atoms with Crippen molar-refractivity contribution in [3.05, 3.63) is 70.8 Å². The maximum atomic E-state index is 13.5. The first-order chi connectivity index (χ1) is 9.79. The predicted molar refractivity (Wildman–Crippen MR) is 66.5 cm³/mol. The molecular weight excluding hydrogens is 291 g/mol. The minimum Gasteiger partial charge on any atom is -0.388 e. The third-order valence-electron chi connectivity index (χ3n) is 3.02. The average Bonchev–Trinajstić information content (AvgIpc) is 2.41. The van der Waals surface area contributed by atoms with E-state index in [4.69, 9.17) is 0 Å². The minimum absolute atomic E-state index is 0.181. The Balaban J connectivity index is 2.24. The summed E-state index contributed by atoms with van der Waals surface area (Å²) in [4.78, 5) is 0. The van der Waals surface area contributed by atoms with Gasteiger partial charge in [-0.3, -0.25) is 0 Å². The summed E-state index contributed by atoms with van der Waals surface area (Å²) in [6.07, 6.45) is -6.17. The Morgan fingerprint density at radius 1 is 1.00 bits per heavy atom. The zero-order chi connectivity index (χ0) is 15.6. The van der Waals surface area contributed by atoms with Crippen molar-refractivity contribution >= 4 is 0 Å². The maximum absolute atomic E-state index is 13.5. The van der Waals surface area contributed by atoms with Crippen LogP contribution in [-0.2, 0) is 12.6 Å². The van der Waals surface area contributed by atoms with E-state index in [9.17, 15) is 27.1 Å². The van der Waals surface area contributed by atoms with Gasteiger partial charge in [0, 0.05) is 12.0 Å². The Kier molecular flexibility index (Phi) is 4.27. The van der Waals surface area contributed by atoms with Crippen molar-refractivity contribution in [2.75, 3.05) is 0 Å². The lowest BCUT2D eigenvalue weighted by atomic mass is 9.99. The van der Waals surface area contributed by atoms with Crippen LogP contribution in [0.1, 0.15) is 22.8 Å². The molecule has 112 valence electrons. The van der Waals surface area contributed by atoms with Gasteiger partial charge in [0.2, 0.25) is 0 Å². The van der Waals surface area contributed by atoms with E-state index in [-0.39, 0.29) is 17.5 Å². The van der Waals surface area contributed by atoms with Gasteiger partial charge in [0.05, 0.1) is 11.7 Å². The van der Waals surface area contributed by atoms with E-state index in [0.29, 0.717) is 0 Å². The normalized spacial score (nSPS) is 13.2. The first-order valence-electron chi connectivity index (χ1n) is 6.07. The van der Waals surface area contributed by atoms with Crippen LogP contribution in [0.2, 0.25) is 0 Å². The largest absolute Gasteiger partial charge is 0.416 e. The van der Waals surface area contributed by atoms with E-state index >= 15 is 0 Å². The van der Waals surface area contributed by atoms with Crippen LogP contribution in [0, 0.1) is 11.6 Å². The molecule has 0 fully saturated rings. The molecule has 0 saturated heterocycles. The molecule has 21 heavy (non-hydrogen) atoms. The zero-order valence-electron chi connectivity index (χ0n) is 10.7. The monoisotopic (exact) mass is 302 g/mol. The number of aliphatic hydroxyl groups excluding tert-OH is 1. The molecule has 2 aromatic carbocycles. The van der Waals surface area contributed by atoms with Gasteiger partial charge in [-0.05, 0) is 17.7 Å². The fourth-order valence-corrected chi connectivity index (χ4v) is 1.99. The molecule has 0 spiro atoms. The van der Waals surface area contributed by atoms with Crippen LogP contribution in [0.3, 0.4) is 0 Å². The van der Waals surface area contributed by atoms with Crippen molar-refractivity contribution in [1.82, 2.24) is 0 Å². The molecule has 1 N–H and O–H groups in total. The summed E-state index contributed by atoms with van der Waals surface area (Å²) in [5, 5.41) is 9.89. The lowest BCUT2D eigenvalue weighted by Gasteiger charge is -2.14. The van der Waals surface area contributed by atoms with Crippen molar-refractivity contribution < 1.29 is 27.1 Å². The van der Waals surface area contributed by atoms with Gasteiger partial charge in [0.1, 0.15) is 0 Å². The number of rotatable bonds is 3. The number of hydrogen-bond acceptors (Lipinski definition) is 1. The van der Waals surface area contributed by atoms with Gasteiger partial charge in [-0.15, -0.1) is 0 Å². The van der Waals surface area contributed by atoms with Gasteiger partial charge < -0.3 is 5.11 Å².